The summed E-state index contributed by atoms with van der Waals surface area (Å²) < 4.78 is 74.1. The summed E-state index contributed by atoms with van der Waals surface area (Å²) in [6, 6.07) is 0.546. The van der Waals surface area contributed by atoms with Gasteiger partial charge in [-0.1, -0.05) is 12.8 Å². The zero-order valence-corrected chi connectivity index (χ0v) is 18.2. The fourth-order valence-electron chi connectivity index (χ4n) is 5.13. The first kappa shape index (κ1) is 21.9. The van der Waals surface area contributed by atoms with Crippen LogP contribution in [0.5, 0.6) is 0 Å². The standard InChI is InChI=1S/C21H25F3N4O3S/c22-16-7-18(24)17(23)6-15(16)21-19(25)5-13(11-31-21)27-9-12-8-26-28(20(12)10-27)32(29,30)14-3-1-2-4-14/h6-8,13-14,19,21H,1-5,9-11,25H2/t13?,19-,21+/m0/s1. The molecule has 1 saturated heterocycles. The van der Waals surface area contributed by atoms with Crippen molar-refractivity contribution < 1.29 is 26.3 Å². The van der Waals surface area contributed by atoms with E-state index in [0.717, 1.165) is 24.5 Å². The number of aromatic nitrogens is 2. The van der Waals surface area contributed by atoms with Gasteiger partial charge in [0, 0.05) is 42.4 Å². The van der Waals surface area contributed by atoms with Gasteiger partial charge in [0.2, 0.25) is 0 Å². The Hall–Kier alpha value is -1.95. The fraction of sp³-hybridized carbons (Fsp3) is 0.571. The molecule has 2 fully saturated rings. The molecule has 11 heteroatoms. The third kappa shape index (κ3) is 3.64. The number of ether oxygens (including phenoxy) is 1. The molecule has 5 rings (SSSR count). The van der Waals surface area contributed by atoms with Gasteiger partial charge in [0.05, 0.1) is 23.7 Å². The molecule has 32 heavy (non-hydrogen) atoms. The van der Waals surface area contributed by atoms with Crippen molar-refractivity contribution in [3.05, 3.63) is 52.6 Å². The van der Waals surface area contributed by atoms with E-state index in [1.165, 1.54) is 4.09 Å². The fourth-order valence-corrected chi connectivity index (χ4v) is 7.00. The second-order valence-electron chi connectivity index (χ2n) is 8.91. The highest BCUT2D eigenvalue weighted by Gasteiger charge is 2.40. The van der Waals surface area contributed by atoms with E-state index < -0.39 is 44.9 Å². The number of halogens is 3. The smallest absolute Gasteiger partial charge is 0.256 e. The van der Waals surface area contributed by atoms with Crippen molar-refractivity contribution in [2.24, 2.45) is 5.73 Å². The first-order chi connectivity index (χ1) is 15.3. The maximum absolute atomic E-state index is 14.2. The van der Waals surface area contributed by atoms with Crippen LogP contribution >= 0.6 is 0 Å². The van der Waals surface area contributed by atoms with Crippen LogP contribution < -0.4 is 5.73 Å². The van der Waals surface area contributed by atoms with Crippen LogP contribution in [0.4, 0.5) is 13.2 Å². The highest BCUT2D eigenvalue weighted by atomic mass is 32.2. The predicted octanol–water partition coefficient (Wildman–Crippen LogP) is 2.59. The monoisotopic (exact) mass is 470 g/mol. The summed E-state index contributed by atoms with van der Waals surface area (Å²) in [7, 11) is -3.53. The van der Waals surface area contributed by atoms with E-state index in [-0.39, 0.29) is 18.2 Å². The minimum atomic E-state index is -3.53. The average molecular weight is 471 g/mol. The molecular weight excluding hydrogens is 445 g/mol. The van der Waals surface area contributed by atoms with Gasteiger partial charge in [0.15, 0.2) is 11.6 Å². The second-order valence-corrected chi connectivity index (χ2v) is 11.0. The Kier molecular flexibility index (Phi) is 5.55. The van der Waals surface area contributed by atoms with Crippen LogP contribution in [0.2, 0.25) is 0 Å². The number of hydrogen-bond donors (Lipinski definition) is 1. The molecule has 1 saturated carbocycles. The van der Waals surface area contributed by atoms with Gasteiger partial charge in [-0.25, -0.2) is 21.6 Å². The maximum Gasteiger partial charge on any atom is 0.256 e. The zero-order chi connectivity index (χ0) is 22.6. The summed E-state index contributed by atoms with van der Waals surface area (Å²) in [5.74, 6) is -3.30. The molecule has 3 heterocycles. The second kappa shape index (κ2) is 8.12. The molecule has 174 valence electrons. The molecule has 0 radical (unpaired) electrons. The summed E-state index contributed by atoms with van der Waals surface area (Å²) >= 11 is 0. The summed E-state index contributed by atoms with van der Waals surface area (Å²) in [5, 5.41) is 3.77. The molecule has 0 amide bonds. The lowest BCUT2D eigenvalue weighted by atomic mass is 9.93. The molecule has 0 bridgehead atoms. The summed E-state index contributed by atoms with van der Waals surface area (Å²) in [6.07, 6.45) is 4.31. The Labute approximate surface area is 184 Å². The largest absolute Gasteiger partial charge is 0.370 e. The minimum Gasteiger partial charge on any atom is -0.370 e. The van der Waals surface area contributed by atoms with E-state index in [0.29, 0.717) is 44.1 Å². The minimum absolute atomic E-state index is 0.0992. The normalized spacial score (nSPS) is 27.2. The van der Waals surface area contributed by atoms with Crippen LogP contribution in [-0.4, -0.2) is 46.4 Å². The molecule has 3 atom stereocenters. The molecule has 7 nitrogen and oxygen atoms in total. The zero-order valence-electron chi connectivity index (χ0n) is 17.4. The van der Waals surface area contributed by atoms with Crippen LogP contribution in [0.25, 0.3) is 0 Å². The van der Waals surface area contributed by atoms with Crippen molar-refractivity contribution in [3.63, 3.8) is 0 Å². The van der Waals surface area contributed by atoms with E-state index in [9.17, 15) is 21.6 Å². The molecule has 1 aromatic heterocycles. The molecule has 1 aliphatic carbocycles. The van der Waals surface area contributed by atoms with Crippen molar-refractivity contribution in [3.8, 4) is 0 Å². The highest BCUT2D eigenvalue weighted by Crippen LogP contribution is 2.35. The summed E-state index contributed by atoms with van der Waals surface area (Å²) in [6.45, 7) is 1.12. The van der Waals surface area contributed by atoms with E-state index in [2.05, 4.69) is 10.00 Å². The Morgan fingerprint density at radius 3 is 2.50 bits per heavy atom. The Morgan fingerprint density at radius 1 is 1.06 bits per heavy atom. The Bertz CT molecular complexity index is 1130. The quantitative estimate of drug-likeness (QED) is 0.691. The van der Waals surface area contributed by atoms with Crippen LogP contribution in [0.15, 0.2) is 18.3 Å². The van der Waals surface area contributed by atoms with E-state index in [1.807, 2.05) is 0 Å². The first-order valence-electron chi connectivity index (χ1n) is 10.8. The lowest BCUT2D eigenvalue weighted by Gasteiger charge is -2.38. The Morgan fingerprint density at radius 2 is 1.78 bits per heavy atom. The van der Waals surface area contributed by atoms with Crippen molar-refractivity contribution in [1.82, 2.24) is 14.1 Å². The summed E-state index contributed by atoms with van der Waals surface area (Å²) in [4.78, 5) is 2.07. The van der Waals surface area contributed by atoms with Crippen LogP contribution in [0.1, 0.15) is 55.0 Å². The molecule has 2 N–H and O–H groups in total. The van der Waals surface area contributed by atoms with Crippen molar-refractivity contribution in [2.75, 3.05) is 6.61 Å². The predicted molar refractivity (Wildman–Crippen MR) is 109 cm³/mol. The van der Waals surface area contributed by atoms with Gasteiger partial charge in [-0.2, -0.15) is 9.19 Å². The van der Waals surface area contributed by atoms with Crippen molar-refractivity contribution in [1.29, 1.82) is 0 Å². The first-order valence-corrected chi connectivity index (χ1v) is 12.3. The SMILES string of the molecule is N[C@H]1CC(N2Cc3cnn(S(=O)(=O)C4CCCC4)c3C2)CO[C@@H]1c1cc(F)c(F)cc1F. The van der Waals surface area contributed by atoms with Crippen LogP contribution in [-0.2, 0) is 27.8 Å². The number of rotatable bonds is 4. The molecule has 1 unspecified atom stereocenters. The van der Waals surface area contributed by atoms with Crippen molar-refractivity contribution >= 4 is 10.0 Å². The van der Waals surface area contributed by atoms with Gasteiger partial charge >= 0.3 is 0 Å². The molecule has 0 spiro atoms. The van der Waals surface area contributed by atoms with Gasteiger partial charge in [-0.05, 0) is 25.3 Å². The van der Waals surface area contributed by atoms with Gasteiger partial charge in [0.1, 0.15) is 11.9 Å². The number of hydrogen-bond acceptors (Lipinski definition) is 6. The summed E-state index contributed by atoms with van der Waals surface area (Å²) in [5.41, 5.74) is 7.66. The van der Waals surface area contributed by atoms with Crippen molar-refractivity contribution in [2.45, 2.75) is 68.6 Å². The van der Waals surface area contributed by atoms with Gasteiger partial charge < -0.3 is 10.5 Å². The highest BCUT2D eigenvalue weighted by molar-refractivity contribution is 7.90. The molecule has 2 aliphatic heterocycles. The number of fused-ring (bicyclic) bond motifs is 1. The van der Waals surface area contributed by atoms with Crippen LogP contribution in [0.3, 0.4) is 0 Å². The Balaban J connectivity index is 1.29. The topological polar surface area (TPSA) is 90.5 Å². The number of nitrogens with zero attached hydrogens (tertiary/aromatic N) is 3. The average Bonchev–Trinajstić information content (AvgIpc) is 3.48. The lowest BCUT2D eigenvalue weighted by molar-refractivity contribution is -0.0534. The molecular formula is C21H25F3N4O3S. The molecule has 3 aliphatic rings. The maximum atomic E-state index is 14.2. The van der Waals surface area contributed by atoms with E-state index >= 15 is 0 Å². The van der Waals surface area contributed by atoms with E-state index in [1.54, 1.807) is 6.20 Å². The van der Waals surface area contributed by atoms with Gasteiger partial charge in [-0.3, -0.25) is 4.90 Å². The third-order valence-electron chi connectivity index (χ3n) is 6.87. The van der Waals surface area contributed by atoms with Crippen LogP contribution in [0, 0.1) is 17.5 Å². The van der Waals surface area contributed by atoms with E-state index in [4.69, 9.17) is 10.5 Å². The number of nitrogens with two attached hydrogens (primary N) is 1. The third-order valence-corrected chi connectivity index (χ3v) is 8.99. The molecule has 1 aromatic carbocycles. The number of benzene rings is 1. The van der Waals surface area contributed by atoms with Gasteiger partial charge in [-0.15, -0.1) is 0 Å². The molecule has 2 aromatic rings. The lowest BCUT2D eigenvalue weighted by Crippen LogP contribution is -2.48. The van der Waals surface area contributed by atoms with Gasteiger partial charge in [0.25, 0.3) is 10.0 Å².